The van der Waals surface area contributed by atoms with E-state index in [0.29, 0.717) is 17.3 Å². The Morgan fingerprint density at radius 2 is 1.78 bits per heavy atom. The number of benzene rings is 2. The maximum atomic E-state index is 5.70. The zero-order chi connectivity index (χ0) is 32.1. The van der Waals surface area contributed by atoms with Crippen LogP contribution in [0.4, 0.5) is 0 Å². The van der Waals surface area contributed by atoms with Crippen LogP contribution in [0.5, 0.6) is 0 Å². The predicted octanol–water partition coefficient (Wildman–Crippen LogP) is 12.6. The van der Waals surface area contributed by atoms with Crippen molar-refractivity contribution >= 4 is 11.6 Å². The molecule has 0 radical (unpaired) electrons. The molecule has 0 aliphatic heterocycles. The lowest BCUT2D eigenvalue weighted by molar-refractivity contribution is 0.469. The molecule has 45 heavy (non-hydrogen) atoms. The second kappa shape index (κ2) is 14.8. The molecule has 0 amide bonds. The number of fused-ring (bicyclic) bond motifs is 2. The molecule has 1 saturated carbocycles. The minimum Gasteiger partial charge on any atom is -0.126 e. The summed E-state index contributed by atoms with van der Waals surface area (Å²) in [5.41, 5.74) is 16.8. The van der Waals surface area contributed by atoms with Gasteiger partial charge in [-0.1, -0.05) is 127 Å². The van der Waals surface area contributed by atoms with Crippen molar-refractivity contribution in [1.82, 2.24) is 0 Å². The third-order valence-corrected chi connectivity index (χ3v) is 8.61. The summed E-state index contributed by atoms with van der Waals surface area (Å²) in [5.74, 6) is 3.77. The average Bonchev–Trinajstić information content (AvgIpc) is 3.68. The van der Waals surface area contributed by atoms with E-state index in [0.717, 1.165) is 17.6 Å². The van der Waals surface area contributed by atoms with Gasteiger partial charge in [-0.2, -0.15) is 0 Å². The average molecular weight is 595 g/mol. The fraction of sp³-hybridized carbons (Fsp3) is 0.356. The second-order valence-electron chi connectivity index (χ2n) is 14.2. The predicted molar refractivity (Wildman–Crippen MR) is 200 cm³/mol. The fourth-order valence-corrected chi connectivity index (χ4v) is 6.30. The van der Waals surface area contributed by atoms with Gasteiger partial charge < -0.3 is 0 Å². The molecule has 2 unspecified atom stereocenters. The van der Waals surface area contributed by atoms with Gasteiger partial charge >= 0.3 is 0 Å². The highest BCUT2D eigenvalue weighted by Crippen LogP contribution is 2.60. The van der Waals surface area contributed by atoms with Crippen LogP contribution in [0.25, 0.3) is 11.6 Å². The Morgan fingerprint density at radius 3 is 2.38 bits per heavy atom. The van der Waals surface area contributed by atoms with E-state index in [1.165, 1.54) is 57.4 Å². The van der Waals surface area contributed by atoms with E-state index < -0.39 is 0 Å². The summed E-state index contributed by atoms with van der Waals surface area (Å²) in [5, 5.41) is 0. The number of allylic oxidation sites excluding steroid dienone is 12. The van der Waals surface area contributed by atoms with Crippen molar-refractivity contribution in [1.29, 1.82) is 0 Å². The summed E-state index contributed by atoms with van der Waals surface area (Å²) in [6.45, 7) is 20.8. The molecule has 2 atom stereocenters. The Kier molecular flexibility index (Phi) is 11.7. The molecule has 4 aliphatic carbocycles. The van der Waals surface area contributed by atoms with Gasteiger partial charge in [-0.25, -0.2) is 0 Å². The highest BCUT2D eigenvalue weighted by Gasteiger charge is 2.51. The molecule has 4 aliphatic rings. The van der Waals surface area contributed by atoms with Gasteiger partial charge in [-0.3, -0.25) is 0 Å². The molecule has 234 valence electrons. The summed E-state index contributed by atoms with van der Waals surface area (Å²) in [6.07, 6.45) is 29.5. The van der Waals surface area contributed by atoms with Crippen molar-refractivity contribution in [3.63, 3.8) is 0 Å². The molecule has 1 fully saturated rings. The summed E-state index contributed by atoms with van der Waals surface area (Å²) in [6, 6.07) is 13.5. The lowest BCUT2D eigenvalue weighted by Gasteiger charge is -2.29. The molecule has 0 spiro atoms. The fourth-order valence-electron chi connectivity index (χ4n) is 6.30. The summed E-state index contributed by atoms with van der Waals surface area (Å²) in [7, 11) is 0. The third-order valence-electron chi connectivity index (χ3n) is 8.61. The summed E-state index contributed by atoms with van der Waals surface area (Å²) in [4.78, 5) is 0. The van der Waals surface area contributed by atoms with E-state index in [1.54, 1.807) is 0 Å². The van der Waals surface area contributed by atoms with Gasteiger partial charge in [0.05, 0.1) is 0 Å². The summed E-state index contributed by atoms with van der Waals surface area (Å²) < 4.78 is 0. The topological polar surface area (TPSA) is 0 Å². The van der Waals surface area contributed by atoms with E-state index in [4.69, 9.17) is 6.42 Å². The molecule has 0 bridgehead atoms. The van der Waals surface area contributed by atoms with Crippen LogP contribution in [0, 0.1) is 30.6 Å². The largest absolute Gasteiger partial charge is 0.126 e. The van der Waals surface area contributed by atoms with Gasteiger partial charge in [0.2, 0.25) is 0 Å². The van der Waals surface area contributed by atoms with E-state index in [9.17, 15) is 0 Å². The third kappa shape index (κ3) is 8.37. The zero-order valence-corrected chi connectivity index (χ0v) is 28.2. The van der Waals surface area contributed by atoms with Crippen LogP contribution in [-0.4, -0.2) is 0 Å². The van der Waals surface area contributed by atoms with Crippen molar-refractivity contribution < 1.29 is 0 Å². The summed E-state index contributed by atoms with van der Waals surface area (Å²) >= 11 is 0. The van der Waals surface area contributed by atoms with Gasteiger partial charge in [-0.15, -0.1) is 12.2 Å². The van der Waals surface area contributed by atoms with Crippen molar-refractivity contribution in [3.8, 4) is 12.3 Å². The van der Waals surface area contributed by atoms with Crippen molar-refractivity contribution in [2.75, 3.05) is 0 Å². The van der Waals surface area contributed by atoms with Gasteiger partial charge in [0.1, 0.15) is 0 Å². The van der Waals surface area contributed by atoms with Crippen molar-refractivity contribution in [3.05, 3.63) is 147 Å². The normalized spacial score (nSPS) is 19.8. The lowest BCUT2D eigenvalue weighted by atomic mass is 9.75. The molecular weight excluding hydrogens is 540 g/mol. The molecule has 0 N–H and O–H groups in total. The zero-order valence-electron chi connectivity index (χ0n) is 28.2. The molecule has 0 heterocycles. The van der Waals surface area contributed by atoms with Crippen LogP contribution in [0.15, 0.2) is 114 Å². The van der Waals surface area contributed by atoms with E-state index in [2.05, 4.69) is 133 Å². The molecule has 2 aromatic rings. The first kappa shape index (κ1) is 35.4. The van der Waals surface area contributed by atoms with E-state index in [-0.39, 0.29) is 12.8 Å². The Bertz CT molecular complexity index is 1660. The van der Waals surface area contributed by atoms with Gasteiger partial charge in [0.25, 0.3) is 0 Å². The molecule has 6 rings (SSSR count). The van der Waals surface area contributed by atoms with E-state index >= 15 is 0 Å². The van der Waals surface area contributed by atoms with Crippen molar-refractivity contribution in [2.24, 2.45) is 11.3 Å². The number of rotatable bonds is 4. The van der Waals surface area contributed by atoms with Crippen molar-refractivity contribution in [2.45, 2.75) is 93.4 Å². The molecular formula is C45H54. The molecule has 0 saturated heterocycles. The van der Waals surface area contributed by atoms with Crippen LogP contribution in [0.1, 0.15) is 114 Å². The van der Waals surface area contributed by atoms with Gasteiger partial charge in [0, 0.05) is 16.9 Å². The molecule has 0 heteroatoms. The van der Waals surface area contributed by atoms with Crippen LogP contribution in [0.2, 0.25) is 0 Å². The Labute approximate surface area is 275 Å². The minimum atomic E-state index is 0. The quantitative estimate of drug-likeness (QED) is 0.188. The number of terminal acetylenes is 1. The standard InChI is InChI=1S/C32H28.C7H10.C5H12.CH4/c1-4-23-9-6-11-25(19-23)32(16-17-32)31-15-14-27-26(12-7-13-28(27)31)30-20-24-10-5-8-21(2)29(24)18-22(30)3;1-4-6-7(3)5-2;1-5(2,3)4;/h1,5-7,9-15,18-21,28H,8,16-17H2,2-3H3;4,6H,2H2,1,3H3;1-4H3;1H4/b;6-4+;;. The Morgan fingerprint density at radius 1 is 1.07 bits per heavy atom. The smallest absolute Gasteiger partial charge is 0.0249 e. The number of aryl methyl sites for hydroxylation is 1. The highest BCUT2D eigenvalue weighted by molar-refractivity contribution is 5.87. The van der Waals surface area contributed by atoms with E-state index in [1.807, 2.05) is 32.1 Å². The Hall–Kier alpha value is -4.04. The molecule has 0 nitrogen and oxygen atoms in total. The van der Waals surface area contributed by atoms with Crippen LogP contribution < -0.4 is 0 Å². The number of hydrogen-bond acceptors (Lipinski definition) is 0. The molecule has 2 aromatic carbocycles. The maximum absolute atomic E-state index is 5.70. The highest BCUT2D eigenvalue weighted by atomic mass is 14.5. The first-order chi connectivity index (χ1) is 20.9. The lowest BCUT2D eigenvalue weighted by Crippen LogP contribution is -2.18. The van der Waals surface area contributed by atoms with Crippen LogP contribution in [0.3, 0.4) is 0 Å². The van der Waals surface area contributed by atoms with Gasteiger partial charge in [-0.05, 0) is 120 Å². The first-order valence-corrected chi connectivity index (χ1v) is 16.1. The molecule has 0 aromatic heterocycles. The van der Waals surface area contributed by atoms with Crippen LogP contribution in [-0.2, 0) is 5.41 Å². The first-order valence-electron chi connectivity index (χ1n) is 16.1. The SMILES string of the molecule is C.C#Cc1cccc(C2(C3=CC=C4C(c5cc6c(cc5C)C(C)CC=C6)=CC=CC43)CC2)c1.C=C=C(C)/C=C/C.CC(C)(C)C. The Balaban J connectivity index is 0.000000365. The van der Waals surface area contributed by atoms with Crippen LogP contribution >= 0.6 is 0 Å². The number of hydrogen-bond donors (Lipinski definition) is 0. The second-order valence-corrected chi connectivity index (χ2v) is 14.2. The maximum Gasteiger partial charge on any atom is 0.0249 e. The van der Waals surface area contributed by atoms with Gasteiger partial charge in [0.15, 0.2) is 0 Å². The monoisotopic (exact) mass is 594 g/mol. The minimum absolute atomic E-state index is 0.